The fourth-order valence-corrected chi connectivity index (χ4v) is 1.86. The highest BCUT2D eigenvalue weighted by atomic mass is 35.5. The van der Waals surface area contributed by atoms with E-state index in [1.165, 1.54) is 5.43 Å². The largest absolute Gasteiger partial charge is 0.271 e. The topological polar surface area (TPSA) is 24.4 Å². The van der Waals surface area contributed by atoms with Crippen molar-refractivity contribution >= 4 is 22.5 Å². The van der Waals surface area contributed by atoms with Gasteiger partial charge in [0.15, 0.2) is 51.7 Å². The summed E-state index contributed by atoms with van der Waals surface area (Å²) in [6.07, 6.45) is 0. The molecule has 0 spiro atoms. The fraction of sp³-hybridized carbons (Fsp3) is 0. The number of hydrogen-bond acceptors (Lipinski definition) is 2. The Morgan fingerprint density at radius 3 is 1.23 bits per heavy atom. The number of hydrogen-bond donors (Lipinski definition) is 1. The van der Waals surface area contributed by atoms with Crippen molar-refractivity contribution in [2.75, 3.05) is 5.43 Å². The highest BCUT2D eigenvalue weighted by molar-refractivity contribution is 6.69. The van der Waals surface area contributed by atoms with E-state index in [-0.39, 0.29) is 0 Å². The van der Waals surface area contributed by atoms with Gasteiger partial charge in [-0.1, -0.05) is 11.6 Å². The van der Waals surface area contributed by atoms with Gasteiger partial charge in [0.05, 0.1) is 5.56 Å². The second-order valence-electron chi connectivity index (χ2n) is 4.40. The number of hydrazone groups is 1. The number of rotatable bonds is 3. The summed E-state index contributed by atoms with van der Waals surface area (Å²) in [6, 6.07) is 0. The maximum atomic E-state index is 13.5. The minimum Gasteiger partial charge on any atom is -0.271 e. The molecule has 0 unspecified atom stereocenters. The van der Waals surface area contributed by atoms with E-state index in [0.717, 1.165) is 0 Å². The van der Waals surface area contributed by atoms with Gasteiger partial charge in [0.2, 0.25) is 11.6 Å². The molecule has 2 nitrogen and oxygen atoms in total. The molecule has 0 saturated carbocycles. The van der Waals surface area contributed by atoms with Gasteiger partial charge in [0, 0.05) is 0 Å². The van der Waals surface area contributed by atoms with Crippen molar-refractivity contribution < 1.29 is 43.9 Å². The van der Waals surface area contributed by atoms with Crippen LogP contribution in [-0.4, -0.2) is 5.17 Å². The number of nitrogens with one attached hydrogen (secondary N) is 1. The Balaban J connectivity index is 2.55. The van der Waals surface area contributed by atoms with Crippen LogP contribution in [0, 0.1) is 58.2 Å². The summed E-state index contributed by atoms with van der Waals surface area (Å²) in [4.78, 5) is 0. The second kappa shape index (κ2) is 7.02. The van der Waals surface area contributed by atoms with Crippen molar-refractivity contribution in [1.29, 1.82) is 0 Å². The van der Waals surface area contributed by atoms with Crippen molar-refractivity contribution in [3.63, 3.8) is 0 Å². The fourth-order valence-electron chi connectivity index (χ4n) is 1.65. The summed E-state index contributed by atoms with van der Waals surface area (Å²) < 4.78 is 132. The quantitative estimate of drug-likeness (QED) is 0.246. The molecule has 2 rings (SSSR count). The molecular weight excluding hydrogens is 410 g/mol. The van der Waals surface area contributed by atoms with Crippen molar-refractivity contribution in [1.82, 2.24) is 0 Å². The van der Waals surface area contributed by atoms with Crippen LogP contribution in [0.4, 0.5) is 49.6 Å². The highest BCUT2D eigenvalue weighted by Gasteiger charge is 2.29. The van der Waals surface area contributed by atoms with Gasteiger partial charge in [0.1, 0.15) is 5.69 Å². The number of anilines is 1. The molecule has 0 aliphatic carbocycles. The molecule has 1 N–H and O–H groups in total. The molecule has 0 bridgehead atoms. The van der Waals surface area contributed by atoms with Crippen LogP contribution in [0.15, 0.2) is 5.10 Å². The van der Waals surface area contributed by atoms with Crippen LogP contribution in [0.3, 0.4) is 0 Å². The average molecular weight is 411 g/mol. The molecule has 13 heteroatoms. The van der Waals surface area contributed by atoms with Crippen LogP contribution in [0.25, 0.3) is 0 Å². The monoisotopic (exact) mass is 410 g/mol. The van der Waals surface area contributed by atoms with Crippen LogP contribution >= 0.6 is 11.6 Å². The van der Waals surface area contributed by atoms with E-state index < -0.39 is 74.6 Å². The van der Waals surface area contributed by atoms with E-state index in [2.05, 4.69) is 5.10 Å². The maximum absolute atomic E-state index is 13.5. The Morgan fingerprint density at radius 1 is 0.538 bits per heavy atom. The van der Waals surface area contributed by atoms with E-state index in [9.17, 15) is 43.9 Å². The Hall–Kier alpha value is -2.50. The molecule has 0 aromatic heterocycles. The molecule has 0 heterocycles. The van der Waals surface area contributed by atoms with Gasteiger partial charge in [-0.25, -0.2) is 43.9 Å². The first-order chi connectivity index (χ1) is 12.0. The SMILES string of the molecule is Fc1c(F)c(F)c(N/N=C(\Cl)c2c(F)c(F)c(F)c(F)c2F)c(F)c1F. The Bertz CT molecular complexity index is 885. The van der Waals surface area contributed by atoms with Crippen LogP contribution < -0.4 is 5.43 Å². The first kappa shape index (κ1) is 19.8. The van der Waals surface area contributed by atoms with E-state index in [4.69, 9.17) is 11.6 Å². The Labute approximate surface area is 141 Å². The van der Waals surface area contributed by atoms with Crippen molar-refractivity contribution in [2.24, 2.45) is 5.10 Å². The zero-order valence-corrected chi connectivity index (χ0v) is 12.4. The summed E-state index contributed by atoms with van der Waals surface area (Å²) in [7, 11) is 0. The summed E-state index contributed by atoms with van der Waals surface area (Å²) >= 11 is 5.22. The molecule has 0 radical (unpaired) electrons. The van der Waals surface area contributed by atoms with Crippen LogP contribution in [-0.2, 0) is 0 Å². The van der Waals surface area contributed by atoms with Crippen molar-refractivity contribution in [3.05, 3.63) is 63.7 Å². The minimum atomic E-state index is -2.51. The first-order valence-electron chi connectivity index (χ1n) is 6.03. The van der Waals surface area contributed by atoms with Gasteiger partial charge < -0.3 is 0 Å². The van der Waals surface area contributed by atoms with Gasteiger partial charge in [-0.15, -0.1) is 0 Å². The van der Waals surface area contributed by atoms with Gasteiger partial charge in [-0.3, -0.25) is 5.43 Å². The van der Waals surface area contributed by atoms with E-state index in [1.807, 2.05) is 0 Å². The van der Waals surface area contributed by atoms with E-state index >= 15 is 0 Å². The number of benzene rings is 2. The van der Waals surface area contributed by atoms with Crippen LogP contribution in [0.5, 0.6) is 0 Å². The molecular formula is C13HClF10N2. The lowest BCUT2D eigenvalue weighted by atomic mass is 10.2. The number of halogens is 11. The molecule has 0 saturated heterocycles. The highest BCUT2D eigenvalue weighted by Crippen LogP contribution is 2.28. The van der Waals surface area contributed by atoms with Gasteiger partial charge in [-0.05, 0) is 0 Å². The molecule has 0 amide bonds. The predicted octanol–water partition coefficient (Wildman–Crippen LogP) is 5.09. The number of nitrogens with zero attached hydrogens (tertiary/aromatic N) is 1. The standard InChI is InChI=1S/C13HClF10N2/c14-13(1-2(15)4(17)6(19)5(18)3(1)16)26-25-12-10(23)8(21)7(20)9(22)11(12)24/h25H/b26-13-. The van der Waals surface area contributed by atoms with Crippen LogP contribution in [0.2, 0.25) is 0 Å². The third-order valence-corrected chi connectivity index (χ3v) is 3.17. The smallest absolute Gasteiger partial charge is 0.200 e. The molecule has 2 aromatic carbocycles. The summed E-state index contributed by atoms with van der Waals surface area (Å²) in [6.45, 7) is 0. The van der Waals surface area contributed by atoms with Crippen molar-refractivity contribution in [3.8, 4) is 0 Å². The van der Waals surface area contributed by atoms with Crippen molar-refractivity contribution in [2.45, 2.75) is 0 Å². The van der Waals surface area contributed by atoms with Gasteiger partial charge in [-0.2, -0.15) is 5.10 Å². The Kier molecular flexibility index (Phi) is 5.35. The first-order valence-corrected chi connectivity index (χ1v) is 6.40. The molecule has 0 fully saturated rings. The third kappa shape index (κ3) is 3.04. The molecule has 0 aliphatic rings. The molecule has 2 aromatic rings. The van der Waals surface area contributed by atoms with E-state index in [0.29, 0.717) is 0 Å². The molecule has 26 heavy (non-hydrogen) atoms. The summed E-state index contributed by atoms with van der Waals surface area (Å²) in [5, 5.41) is 1.14. The maximum Gasteiger partial charge on any atom is 0.200 e. The lowest BCUT2D eigenvalue weighted by Gasteiger charge is -2.09. The zero-order valence-electron chi connectivity index (χ0n) is 11.6. The van der Waals surface area contributed by atoms with Gasteiger partial charge in [0.25, 0.3) is 0 Å². The average Bonchev–Trinajstić information content (AvgIpc) is 2.61. The normalized spacial score (nSPS) is 11.9. The minimum absolute atomic E-state index is 1.18. The Morgan fingerprint density at radius 2 is 0.846 bits per heavy atom. The van der Waals surface area contributed by atoms with E-state index in [1.54, 1.807) is 0 Å². The summed E-state index contributed by atoms with van der Waals surface area (Å²) in [5.74, 6) is -24.3. The summed E-state index contributed by atoms with van der Waals surface area (Å²) in [5.41, 5.74) is -2.38. The van der Waals surface area contributed by atoms with Gasteiger partial charge >= 0.3 is 0 Å². The zero-order chi connectivity index (χ0) is 19.9. The second-order valence-corrected chi connectivity index (χ2v) is 4.76. The predicted molar refractivity (Wildman–Crippen MR) is 68.5 cm³/mol. The lowest BCUT2D eigenvalue weighted by molar-refractivity contribution is 0.377. The van der Waals surface area contributed by atoms with Crippen LogP contribution in [0.1, 0.15) is 5.56 Å². The molecule has 0 aliphatic heterocycles. The lowest BCUT2D eigenvalue weighted by Crippen LogP contribution is -2.12. The molecule has 0 atom stereocenters. The third-order valence-electron chi connectivity index (χ3n) is 2.89. The molecule has 140 valence electrons.